The molecule has 39 heavy (non-hydrogen) atoms. The zero-order chi connectivity index (χ0) is 28.4. The highest BCUT2D eigenvalue weighted by atomic mass is 19.1. The van der Waals surface area contributed by atoms with Crippen molar-refractivity contribution in [3.05, 3.63) is 71.4 Å². The number of carboxylic acid groups (broad SMARTS) is 1. The lowest BCUT2D eigenvalue weighted by Gasteiger charge is -2.40. The quantitative estimate of drug-likeness (QED) is 0.342. The molecule has 0 aliphatic carbocycles. The van der Waals surface area contributed by atoms with Crippen molar-refractivity contribution in [1.29, 1.82) is 0 Å². The summed E-state index contributed by atoms with van der Waals surface area (Å²) in [5.74, 6) is -0.820. The molecule has 3 heterocycles. The third kappa shape index (κ3) is 7.12. The Kier molecular flexibility index (Phi) is 8.25. The van der Waals surface area contributed by atoms with Crippen LogP contribution in [0.3, 0.4) is 0 Å². The van der Waals surface area contributed by atoms with Gasteiger partial charge in [-0.25, -0.2) is 9.18 Å². The Balaban J connectivity index is 1.73. The van der Waals surface area contributed by atoms with Crippen LogP contribution >= 0.6 is 0 Å². The van der Waals surface area contributed by atoms with Crippen molar-refractivity contribution in [3.8, 4) is 17.0 Å². The average molecular weight is 536 g/mol. The van der Waals surface area contributed by atoms with Crippen molar-refractivity contribution in [2.24, 2.45) is 5.41 Å². The Morgan fingerprint density at radius 3 is 2.44 bits per heavy atom. The first-order valence-corrected chi connectivity index (χ1v) is 13.3. The third-order valence-electron chi connectivity index (χ3n) is 6.99. The molecule has 1 aliphatic rings. The Morgan fingerprint density at radius 2 is 1.85 bits per heavy atom. The Bertz CT molecular complexity index is 1310. The first-order chi connectivity index (χ1) is 18.3. The number of nitrogens with zero attached hydrogens (tertiary/aromatic N) is 3. The molecule has 1 N–H and O–H groups in total. The number of carbonyl (C=O) groups is 1. The molecule has 208 valence electrons. The molecule has 8 heteroatoms. The van der Waals surface area contributed by atoms with Gasteiger partial charge in [0.2, 0.25) is 0 Å². The number of ether oxygens (including phenoxy) is 2. The molecule has 4 rings (SSSR count). The summed E-state index contributed by atoms with van der Waals surface area (Å²) in [6.45, 7) is 13.7. The van der Waals surface area contributed by atoms with Gasteiger partial charge in [-0.15, -0.1) is 0 Å². The normalized spacial score (nSPS) is 16.1. The van der Waals surface area contributed by atoms with Gasteiger partial charge in [-0.3, -0.25) is 9.97 Å². The smallest absolute Gasteiger partial charge is 0.337 e. The van der Waals surface area contributed by atoms with Crippen LogP contribution in [-0.4, -0.2) is 39.7 Å². The summed E-state index contributed by atoms with van der Waals surface area (Å²) in [6, 6.07) is 9.93. The molecule has 0 radical (unpaired) electrons. The lowest BCUT2D eigenvalue weighted by molar-refractivity contribution is -0.160. The highest BCUT2D eigenvalue weighted by Crippen LogP contribution is 2.43. The number of piperidine rings is 1. The first kappa shape index (κ1) is 28.5. The second kappa shape index (κ2) is 11.3. The fourth-order valence-electron chi connectivity index (χ4n) is 4.79. The van der Waals surface area contributed by atoms with E-state index in [-0.39, 0.29) is 17.8 Å². The van der Waals surface area contributed by atoms with E-state index < -0.39 is 17.7 Å². The maximum atomic E-state index is 13.5. The molecule has 1 aromatic carbocycles. The molecule has 0 bridgehead atoms. The molecular weight excluding hydrogens is 497 g/mol. The second-order valence-corrected chi connectivity index (χ2v) is 11.9. The van der Waals surface area contributed by atoms with Crippen molar-refractivity contribution in [2.45, 2.75) is 72.7 Å². The summed E-state index contributed by atoms with van der Waals surface area (Å²) in [5, 5.41) is 10.3. The largest absolute Gasteiger partial charge is 0.487 e. The van der Waals surface area contributed by atoms with Crippen molar-refractivity contribution < 1.29 is 23.8 Å². The predicted molar refractivity (Wildman–Crippen MR) is 149 cm³/mol. The van der Waals surface area contributed by atoms with Crippen LogP contribution in [0, 0.1) is 18.2 Å². The van der Waals surface area contributed by atoms with E-state index in [4.69, 9.17) is 9.47 Å². The predicted octanol–water partition coefficient (Wildman–Crippen LogP) is 6.74. The van der Waals surface area contributed by atoms with Gasteiger partial charge in [0.1, 0.15) is 18.2 Å². The van der Waals surface area contributed by atoms with Crippen LogP contribution in [-0.2, 0) is 16.1 Å². The van der Waals surface area contributed by atoms with Crippen LogP contribution in [0.2, 0.25) is 0 Å². The highest BCUT2D eigenvalue weighted by molar-refractivity contribution is 5.85. The van der Waals surface area contributed by atoms with Crippen molar-refractivity contribution in [3.63, 3.8) is 0 Å². The number of aryl methyl sites for hydroxylation is 1. The van der Waals surface area contributed by atoms with Gasteiger partial charge in [0, 0.05) is 36.1 Å². The molecule has 3 aromatic rings. The van der Waals surface area contributed by atoms with Gasteiger partial charge in [0.25, 0.3) is 0 Å². The minimum atomic E-state index is -1.18. The summed E-state index contributed by atoms with van der Waals surface area (Å²) in [6.07, 6.45) is 4.16. The van der Waals surface area contributed by atoms with Crippen LogP contribution in [0.15, 0.2) is 48.8 Å². The van der Waals surface area contributed by atoms with Gasteiger partial charge in [0.05, 0.1) is 23.2 Å². The Labute approximate surface area is 230 Å². The van der Waals surface area contributed by atoms with Crippen LogP contribution in [0.25, 0.3) is 11.3 Å². The summed E-state index contributed by atoms with van der Waals surface area (Å²) >= 11 is 0. The van der Waals surface area contributed by atoms with Crippen molar-refractivity contribution in [1.82, 2.24) is 9.97 Å². The van der Waals surface area contributed by atoms with Gasteiger partial charge >= 0.3 is 5.97 Å². The molecule has 1 atom stereocenters. The highest BCUT2D eigenvalue weighted by Gasteiger charge is 2.36. The van der Waals surface area contributed by atoms with Crippen LogP contribution in [0.4, 0.5) is 10.1 Å². The molecule has 0 spiro atoms. The van der Waals surface area contributed by atoms with E-state index in [2.05, 4.69) is 28.7 Å². The number of hydrogen-bond donors (Lipinski definition) is 1. The molecule has 1 fully saturated rings. The first-order valence-electron chi connectivity index (χ1n) is 13.3. The lowest BCUT2D eigenvalue weighted by atomic mass is 9.82. The van der Waals surface area contributed by atoms with Gasteiger partial charge in [-0.1, -0.05) is 26.0 Å². The summed E-state index contributed by atoms with van der Waals surface area (Å²) in [5.41, 5.74) is 3.64. The molecule has 0 saturated carbocycles. The number of carboxylic acids is 1. The van der Waals surface area contributed by atoms with Crippen molar-refractivity contribution >= 4 is 11.7 Å². The minimum absolute atomic E-state index is 0.214. The number of anilines is 1. The Morgan fingerprint density at radius 1 is 1.13 bits per heavy atom. The number of pyridine rings is 2. The number of halogens is 1. The zero-order valence-electron chi connectivity index (χ0n) is 23.6. The van der Waals surface area contributed by atoms with Gasteiger partial charge < -0.3 is 19.5 Å². The number of aliphatic carboxylic acids is 1. The number of rotatable bonds is 8. The van der Waals surface area contributed by atoms with Crippen LogP contribution in [0.1, 0.15) is 70.4 Å². The third-order valence-corrected chi connectivity index (χ3v) is 6.99. The monoisotopic (exact) mass is 535 g/mol. The molecule has 0 unspecified atom stereocenters. The van der Waals surface area contributed by atoms with Crippen LogP contribution < -0.4 is 9.64 Å². The summed E-state index contributed by atoms with van der Waals surface area (Å²) in [4.78, 5) is 24.1. The topological polar surface area (TPSA) is 84.8 Å². The second-order valence-electron chi connectivity index (χ2n) is 11.9. The lowest BCUT2D eigenvalue weighted by Crippen LogP contribution is -2.39. The van der Waals surface area contributed by atoms with Crippen LogP contribution in [0.5, 0.6) is 5.75 Å². The molecular formula is C31H38FN3O4. The fraction of sp³-hybridized carbons (Fsp3) is 0.452. The molecule has 2 aromatic heterocycles. The number of benzene rings is 1. The van der Waals surface area contributed by atoms with E-state index >= 15 is 0 Å². The molecule has 1 aliphatic heterocycles. The van der Waals surface area contributed by atoms with E-state index in [1.165, 1.54) is 12.1 Å². The Hall–Kier alpha value is -3.52. The summed E-state index contributed by atoms with van der Waals surface area (Å²) in [7, 11) is 0. The molecule has 1 saturated heterocycles. The SMILES string of the molecule is Cc1ncc(-c2ccc(OCc3cccc(F)c3)cn2)c(N2CCC(C)(C)CC2)c1[C@H](OC(C)(C)C)C(=O)O. The van der Waals surface area contributed by atoms with Crippen molar-refractivity contribution in [2.75, 3.05) is 18.0 Å². The fourth-order valence-corrected chi connectivity index (χ4v) is 4.79. The maximum absolute atomic E-state index is 13.5. The van der Waals surface area contributed by atoms with E-state index in [0.717, 1.165) is 42.7 Å². The number of aromatic nitrogens is 2. The maximum Gasteiger partial charge on any atom is 0.337 e. The van der Waals surface area contributed by atoms with E-state index in [1.54, 1.807) is 24.5 Å². The van der Waals surface area contributed by atoms with Gasteiger partial charge in [-0.2, -0.15) is 0 Å². The van der Waals surface area contributed by atoms with E-state index in [9.17, 15) is 14.3 Å². The summed E-state index contributed by atoms with van der Waals surface area (Å²) < 4.78 is 25.4. The standard InChI is InChI=1S/C31H38FN3O4/c1-20-26(28(29(36)37)39-30(2,3)4)27(35-14-12-31(5,6)13-15-35)24(18-33-20)25-11-10-23(17-34-25)38-19-21-8-7-9-22(32)16-21/h7-11,16-18,28H,12-15,19H2,1-6H3,(H,36,37)/t28-/m0/s1. The van der Waals surface area contributed by atoms with E-state index in [0.29, 0.717) is 22.7 Å². The zero-order valence-corrected chi connectivity index (χ0v) is 23.6. The van der Waals surface area contributed by atoms with E-state index in [1.807, 2.05) is 39.8 Å². The number of hydrogen-bond acceptors (Lipinski definition) is 6. The van der Waals surface area contributed by atoms with Gasteiger partial charge in [0.15, 0.2) is 6.10 Å². The average Bonchev–Trinajstić information content (AvgIpc) is 2.86. The molecule has 7 nitrogen and oxygen atoms in total. The molecule has 0 amide bonds. The van der Waals surface area contributed by atoms with Gasteiger partial charge in [-0.05, 0) is 75.8 Å². The minimum Gasteiger partial charge on any atom is -0.487 e.